The van der Waals surface area contributed by atoms with Crippen LogP contribution in [0.2, 0.25) is 10.0 Å². The lowest BCUT2D eigenvalue weighted by molar-refractivity contribution is 0.306. The fourth-order valence-electron chi connectivity index (χ4n) is 2.42. The number of para-hydroxylation sites is 1. The Hall–Kier alpha value is -2.47. The topological polar surface area (TPSA) is 60.0 Å². The van der Waals surface area contributed by atoms with E-state index in [9.17, 15) is 0 Å². The SMILES string of the molecule is NC(=NN=Cc1ccccc1OCc1ccc(Cl)c(Cl)c1)SCc1ccccc1. The molecule has 0 spiro atoms. The molecule has 0 aliphatic heterocycles. The molecule has 0 unspecified atom stereocenters. The number of thioether (sulfide) groups is 1. The zero-order valence-electron chi connectivity index (χ0n) is 15.5. The monoisotopic (exact) mass is 443 g/mol. The minimum atomic E-state index is 0.361. The summed E-state index contributed by atoms with van der Waals surface area (Å²) < 4.78 is 5.90. The van der Waals surface area contributed by atoms with Crippen LogP contribution >= 0.6 is 35.0 Å². The van der Waals surface area contributed by atoms with Crippen molar-refractivity contribution in [2.75, 3.05) is 0 Å². The molecule has 0 bridgehead atoms. The Balaban J connectivity index is 1.59. The van der Waals surface area contributed by atoms with Gasteiger partial charge in [-0.05, 0) is 35.4 Å². The molecule has 0 saturated carbocycles. The summed E-state index contributed by atoms with van der Waals surface area (Å²) in [6, 6.07) is 23.1. The number of nitrogens with two attached hydrogens (primary N) is 1. The standard InChI is InChI=1S/C22H19Cl2N3OS/c23-19-11-10-17(12-20(19)24)14-28-21-9-5-4-8-18(21)13-26-27-22(25)29-15-16-6-2-1-3-7-16/h1-13H,14-15H2,(H2,25,27). The molecule has 29 heavy (non-hydrogen) atoms. The van der Waals surface area contributed by atoms with Gasteiger partial charge in [-0.3, -0.25) is 0 Å². The van der Waals surface area contributed by atoms with Crippen molar-refractivity contribution in [2.45, 2.75) is 12.4 Å². The van der Waals surface area contributed by atoms with E-state index in [-0.39, 0.29) is 0 Å². The fraction of sp³-hybridized carbons (Fsp3) is 0.0909. The van der Waals surface area contributed by atoms with Gasteiger partial charge in [0.25, 0.3) is 0 Å². The van der Waals surface area contributed by atoms with Crippen LogP contribution in [0.3, 0.4) is 0 Å². The molecule has 4 nitrogen and oxygen atoms in total. The van der Waals surface area contributed by atoms with Crippen molar-refractivity contribution in [3.63, 3.8) is 0 Å². The van der Waals surface area contributed by atoms with Gasteiger partial charge in [-0.1, -0.05) is 83.5 Å². The van der Waals surface area contributed by atoms with Gasteiger partial charge in [-0.15, -0.1) is 5.10 Å². The van der Waals surface area contributed by atoms with Gasteiger partial charge < -0.3 is 10.5 Å². The van der Waals surface area contributed by atoms with Crippen LogP contribution in [0.1, 0.15) is 16.7 Å². The highest BCUT2D eigenvalue weighted by molar-refractivity contribution is 8.13. The van der Waals surface area contributed by atoms with Crippen molar-refractivity contribution in [1.29, 1.82) is 0 Å². The van der Waals surface area contributed by atoms with Crippen LogP contribution < -0.4 is 10.5 Å². The van der Waals surface area contributed by atoms with Crippen LogP contribution in [0.5, 0.6) is 5.75 Å². The largest absolute Gasteiger partial charge is 0.488 e. The van der Waals surface area contributed by atoms with E-state index in [1.54, 1.807) is 18.3 Å². The fourth-order valence-corrected chi connectivity index (χ4v) is 3.35. The van der Waals surface area contributed by atoms with Crippen molar-refractivity contribution in [3.05, 3.63) is 99.5 Å². The summed E-state index contributed by atoms with van der Waals surface area (Å²) in [4.78, 5) is 0. The Morgan fingerprint density at radius 3 is 2.48 bits per heavy atom. The number of amidine groups is 1. The highest BCUT2D eigenvalue weighted by atomic mass is 35.5. The summed E-state index contributed by atoms with van der Waals surface area (Å²) in [7, 11) is 0. The van der Waals surface area contributed by atoms with Crippen molar-refractivity contribution < 1.29 is 4.74 Å². The molecule has 0 aromatic heterocycles. The number of hydrogen-bond donors (Lipinski definition) is 1. The Bertz CT molecular complexity index is 1010. The van der Waals surface area contributed by atoms with Gasteiger partial charge >= 0.3 is 0 Å². The third kappa shape index (κ3) is 6.82. The molecule has 0 radical (unpaired) electrons. The number of ether oxygens (including phenoxy) is 1. The van der Waals surface area contributed by atoms with Crippen LogP contribution in [-0.4, -0.2) is 11.4 Å². The van der Waals surface area contributed by atoms with E-state index in [1.165, 1.54) is 17.3 Å². The molecule has 0 heterocycles. The lowest BCUT2D eigenvalue weighted by Gasteiger charge is -2.09. The van der Waals surface area contributed by atoms with Gasteiger partial charge in [-0.25, -0.2) is 0 Å². The number of nitrogens with zero attached hydrogens (tertiary/aromatic N) is 2. The Morgan fingerprint density at radius 2 is 1.69 bits per heavy atom. The van der Waals surface area contributed by atoms with Gasteiger partial charge in [0.15, 0.2) is 5.17 Å². The van der Waals surface area contributed by atoms with Crippen molar-refractivity contribution in [2.24, 2.45) is 15.9 Å². The number of rotatable bonds is 7. The maximum atomic E-state index is 6.05. The first-order chi connectivity index (χ1) is 14.1. The van der Waals surface area contributed by atoms with Crippen molar-refractivity contribution in [1.82, 2.24) is 0 Å². The first-order valence-electron chi connectivity index (χ1n) is 8.81. The quantitative estimate of drug-likeness (QED) is 0.270. The van der Waals surface area contributed by atoms with E-state index < -0.39 is 0 Å². The summed E-state index contributed by atoms with van der Waals surface area (Å²) in [6.45, 7) is 0.361. The van der Waals surface area contributed by atoms with Crippen molar-refractivity contribution in [3.8, 4) is 5.75 Å². The van der Waals surface area contributed by atoms with Gasteiger partial charge in [0.2, 0.25) is 0 Å². The summed E-state index contributed by atoms with van der Waals surface area (Å²) in [5.74, 6) is 1.43. The second-order valence-corrected chi connectivity index (χ2v) is 7.84. The van der Waals surface area contributed by atoms with Crippen LogP contribution in [0, 0.1) is 0 Å². The molecule has 7 heteroatoms. The van der Waals surface area contributed by atoms with E-state index in [4.69, 9.17) is 33.7 Å². The molecule has 3 rings (SSSR count). The lowest BCUT2D eigenvalue weighted by Crippen LogP contribution is -2.06. The molecule has 0 aliphatic carbocycles. The Labute approximate surface area is 184 Å². The van der Waals surface area contributed by atoms with Crippen LogP contribution in [0.4, 0.5) is 0 Å². The molecule has 0 atom stereocenters. The molecule has 0 aliphatic rings. The highest BCUT2D eigenvalue weighted by Crippen LogP contribution is 2.24. The number of hydrogen-bond acceptors (Lipinski definition) is 4. The maximum absolute atomic E-state index is 6.05. The molecule has 3 aromatic carbocycles. The minimum Gasteiger partial charge on any atom is -0.488 e. The molecule has 0 fully saturated rings. The number of benzene rings is 3. The van der Waals surface area contributed by atoms with E-state index >= 15 is 0 Å². The van der Waals surface area contributed by atoms with Gasteiger partial charge in [0.05, 0.1) is 16.3 Å². The maximum Gasteiger partial charge on any atom is 0.180 e. The smallest absolute Gasteiger partial charge is 0.180 e. The Kier molecular flexibility index (Phi) is 7.99. The normalized spacial score (nSPS) is 11.7. The van der Waals surface area contributed by atoms with Gasteiger partial charge in [0.1, 0.15) is 12.4 Å². The van der Waals surface area contributed by atoms with Gasteiger partial charge in [-0.2, -0.15) is 5.10 Å². The average molecular weight is 444 g/mol. The minimum absolute atomic E-state index is 0.361. The Morgan fingerprint density at radius 1 is 0.931 bits per heavy atom. The molecule has 148 valence electrons. The molecule has 2 N–H and O–H groups in total. The average Bonchev–Trinajstić information content (AvgIpc) is 2.74. The zero-order valence-corrected chi connectivity index (χ0v) is 17.8. The van der Waals surface area contributed by atoms with E-state index in [1.807, 2.05) is 60.7 Å². The van der Waals surface area contributed by atoms with Crippen LogP contribution in [0.25, 0.3) is 0 Å². The summed E-state index contributed by atoms with van der Waals surface area (Å²) in [6.07, 6.45) is 1.63. The zero-order chi connectivity index (χ0) is 20.5. The molecule has 3 aromatic rings. The van der Waals surface area contributed by atoms with Crippen LogP contribution in [0.15, 0.2) is 83.0 Å². The van der Waals surface area contributed by atoms with E-state index in [2.05, 4.69) is 10.2 Å². The second-order valence-electron chi connectivity index (χ2n) is 6.03. The second kappa shape index (κ2) is 10.9. The molecule has 0 saturated heterocycles. The first-order valence-corrected chi connectivity index (χ1v) is 10.5. The lowest BCUT2D eigenvalue weighted by atomic mass is 10.2. The predicted octanol–water partition coefficient (Wildman–Crippen LogP) is 6.15. The summed E-state index contributed by atoms with van der Waals surface area (Å²) in [5, 5.41) is 9.57. The molecular formula is C22H19Cl2N3OS. The summed E-state index contributed by atoms with van der Waals surface area (Å²) in [5.41, 5.74) is 8.84. The van der Waals surface area contributed by atoms with Crippen molar-refractivity contribution >= 4 is 46.3 Å². The molecular weight excluding hydrogens is 425 g/mol. The number of halogens is 2. The third-order valence-electron chi connectivity index (χ3n) is 3.88. The van der Waals surface area contributed by atoms with Gasteiger partial charge in [0, 0.05) is 11.3 Å². The predicted molar refractivity (Wildman–Crippen MR) is 124 cm³/mol. The van der Waals surface area contributed by atoms with E-state index in [0.717, 1.165) is 16.9 Å². The first kappa shape index (κ1) is 21.2. The summed E-state index contributed by atoms with van der Waals surface area (Å²) >= 11 is 13.4. The highest BCUT2D eigenvalue weighted by Gasteiger charge is 2.04. The van der Waals surface area contributed by atoms with Crippen LogP contribution in [-0.2, 0) is 12.4 Å². The third-order valence-corrected chi connectivity index (χ3v) is 5.47. The van der Waals surface area contributed by atoms with E-state index in [0.29, 0.717) is 27.6 Å². The molecule has 0 amide bonds.